The minimum atomic E-state index is -0.643. The lowest BCUT2D eigenvalue weighted by Gasteiger charge is -2.28. The van der Waals surface area contributed by atoms with Crippen LogP contribution in [0.4, 0.5) is 0 Å². The van der Waals surface area contributed by atoms with Gasteiger partial charge in [-0.25, -0.2) is 0 Å². The summed E-state index contributed by atoms with van der Waals surface area (Å²) in [4.78, 5) is 24.8. The summed E-state index contributed by atoms with van der Waals surface area (Å²) in [6, 6.07) is 0.0255. The Bertz CT molecular complexity index is 263. The molecule has 0 bridgehead atoms. The number of hydrogen-bond donors (Lipinski definition) is 0. The largest absolute Gasteiger partial charge is 0.279 e. The molecule has 1 rings (SSSR count). The van der Waals surface area contributed by atoms with Crippen molar-refractivity contribution in [1.29, 1.82) is 0 Å². The lowest BCUT2D eigenvalue weighted by molar-refractivity contribution is -0.149. The first-order valence-electron chi connectivity index (χ1n) is 4.82. The highest BCUT2D eigenvalue weighted by Crippen LogP contribution is 2.27. The van der Waals surface area contributed by atoms with Gasteiger partial charge in [-0.05, 0) is 27.2 Å². The van der Waals surface area contributed by atoms with Gasteiger partial charge in [0.2, 0.25) is 11.8 Å². The maximum atomic E-state index is 11.9. The first kappa shape index (κ1) is 11.5. The average Bonchev–Trinajstić information content (AvgIpc) is 2.45. The van der Waals surface area contributed by atoms with Gasteiger partial charge in [0.15, 0.2) is 0 Å². The molecule has 1 aliphatic heterocycles. The molecule has 1 aliphatic rings. The number of likely N-dealkylation sites (tertiary alicyclic amines) is 1. The number of halogens is 1. The zero-order chi connectivity index (χ0) is 10.9. The van der Waals surface area contributed by atoms with Crippen LogP contribution < -0.4 is 0 Å². The molecule has 1 heterocycles. The third-order valence-electron chi connectivity index (χ3n) is 2.62. The van der Waals surface area contributed by atoms with E-state index in [1.807, 2.05) is 6.92 Å². The molecule has 0 spiro atoms. The summed E-state index contributed by atoms with van der Waals surface area (Å²) < 4.78 is 0. The Morgan fingerprint density at radius 1 is 1.64 bits per heavy atom. The van der Waals surface area contributed by atoms with Crippen LogP contribution in [-0.2, 0) is 9.59 Å². The van der Waals surface area contributed by atoms with E-state index >= 15 is 0 Å². The third kappa shape index (κ3) is 1.92. The van der Waals surface area contributed by atoms with E-state index in [0.29, 0.717) is 6.42 Å². The van der Waals surface area contributed by atoms with E-state index in [4.69, 9.17) is 11.6 Å². The first-order valence-corrected chi connectivity index (χ1v) is 5.36. The van der Waals surface area contributed by atoms with Crippen LogP contribution in [0.3, 0.4) is 0 Å². The highest BCUT2D eigenvalue weighted by atomic mass is 35.5. The topological polar surface area (TPSA) is 37.4 Å². The lowest BCUT2D eigenvalue weighted by Crippen LogP contribution is -2.45. The van der Waals surface area contributed by atoms with Crippen LogP contribution in [-0.4, -0.2) is 28.6 Å². The maximum Gasteiger partial charge on any atom is 0.236 e. The van der Waals surface area contributed by atoms with Crippen LogP contribution in [0.5, 0.6) is 0 Å². The van der Waals surface area contributed by atoms with Crippen LogP contribution in [0.15, 0.2) is 0 Å². The van der Waals surface area contributed by atoms with Crippen molar-refractivity contribution < 1.29 is 9.59 Å². The smallest absolute Gasteiger partial charge is 0.236 e. The van der Waals surface area contributed by atoms with Crippen LogP contribution in [0.2, 0.25) is 0 Å². The number of carbonyl (C=O) groups excluding carboxylic acids is 2. The van der Waals surface area contributed by atoms with Crippen molar-refractivity contribution in [2.24, 2.45) is 5.41 Å². The summed E-state index contributed by atoms with van der Waals surface area (Å²) in [5, 5.41) is 0. The van der Waals surface area contributed by atoms with E-state index in [0.717, 1.165) is 6.42 Å². The van der Waals surface area contributed by atoms with Crippen LogP contribution in [0, 0.1) is 5.41 Å². The Morgan fingerprint density at radius 2 is 2.21 bits per heavy atom. The number of nitrogens with zero attached hydrogens (tertiary/aromatic N) is 1. The molecular weight excluding hydrogens is 202 g/mol. The van der Waals surface area contributed by atoms with Gasteiger partial charge < -0.3 is 0 Å². The standard InChI is InChI=1S/C10H16ClNO2/c1-7-4-5-8(13)12(7)9(14)10(2,3)6-11/h7H,4-6H2,1-3H3. The van der Waals surface area contributed by atoms with Crippen molar-refractivity contribution in [2.75, 3.05) is 5.88 Å². The highest BCUT2D eigenvalue weighted by molar-refractivity contribution is 6.20. The van der Waals surface area contributed by atoms with E-state index < -0.39 is 5.41 Å². The zero-order valence-electron chi connectivity index (χ0n) is 8.84. The Balaban J connectivity index is 2.83. The molecule has 0 aliphatic carbocycles. The van der Waals surface area contributed by atoms with E-state index in [1.165, 1.54) is 4.90 Å². The monoisotopic (exact) mass is 217 g/mol. The van der Waals surface area contributed by atoms with Crippen molar-refractivity contribution in [3.63, 3.8) is 0 Å². The van der Waals surface area contributed by atoms with Crippen LogP contribution >= 0.6 is 11.6 Å². The quantitative estimate of drug-likeness (QED) is 0.662. The second kappa shape index (κ2) is 3.89. The predicted molar refractivity (Wildman–Crippen MR) is 55.1 cm³/mol. The van der Waals surface area contributed by atoms with Gasteiger partial charge >= 0.3 is 0 Å². The number of alkyl halides is 1. The molecule has 0 aromatic heterocycles. The van der Waals surface area contributed by atoms with E-state index in [-0.39, 0.29) is 23.7 Å². The highest BCUT2D eigenvalue weighted by Gasteiger charge is 2.39. The van der Waals surface area contributed by atoms with Gasteiger partial charge in [-0.2, -0.15) is 0 Å². The fourth-order valence-electron chi connectivity index (χ4n) is 1.52. The molecule has 0 aromatic carbocycles. The summed E-state index contributed by atoms with van der Waals surface area (Å²) in [6.45, 7) is 5.43. The Morgan fingerprint density at radius 3 is 2.57 bits per heavy atom. The SMILES string of the molecule is CC1CCC(=O)N1C(=O)C(C)(C)CCl. The molecule has 1 unspecified atom stereocenters. The van der Waals surface area contributed by atoms with Crippen molar-refractivity contribution >= 4 is 23.4 Å². The molecule has 4 heteroatoms. The summed E-state index contributed by atoms with van der Waals surface area (Å²) in [5.41, 5.74) is -0.643. The number of rotatable bonds is 2. The van der Waals surface area contributed by atoms with Gasteiger partial charge in [0, 0.05) is 18.3 Å². The third-order valence-corrected chi connectivity index (χ3v) is 3.29. The van der Waals surface area contributed by atoms with E-state index in [2.05, 4.69) is 0 Å². The van der Waals surface area contributed by atoms with Gasteiger partial charge in [0.25, 0.3) is 0 Å². The molecular formula is C10H16ClNO2. The number of carbonyl (C=O) groups is 2. The predicted octanol–water partition coefficient (Wildman–Crippen LogP) is 1.79. The van der Waals surface area contributed by atoms with Crippen LogP contribution in [0.25, 0.3) is 0 Å². The molecule has 1 fully saturated rings. The minimum Gasteiger partial charge on any atom is -0.279 e. The number of hydrogen-bond acceptors (Lipinski definition) is 2. The van der Waals surface area contributed by atoms with Gasteiger partial charge in [0.1, 0.15) is 0 Å². The van der Waals surface area contributed by atoms with E-state index in [1.54, 1.807) is 13.8 Å². The molecule has 1 saturated heterocycles. The maximum absolute atomic E-state index is 11.9. The molecule has 3 nitrogen and oxygen atoms in total. The Labute approximate surface area is 89.4 Å². The minimum absolute atomic E-state index is 0.0255. The normalized spacial score (nSPS) is 23.0. The first-order chi connectivity index (χ1) is 6.40. The molecule has 14 heavy (non-hydrogen) atoms. The fourth-order valence-corrected chi connectivity index (χ4v) is 1.64. The molecule has 0 saturated carbocycles. The van der Waals surface area contributed by atoms with Gasteiger partial charge in [-0.3, -0.25) is 14.5 Å². The Kier molecular flexibility index (Phi) is 3.20. The Hall–Kier alpha value is -0.570. The second-order valence-corrected chi connectivity index (χ2v) is 4.74. The van der Waals surface area contributed by atoms with Gasteiger partial charge in [0.05, 0.1) is 5.41 Å². The van der Waals surface area contributed by atoms with Gasteiger partial charge in [-0.1, -0.05) is 0 Å². The van der Waals surface area contributed by atoms with Crippen LogP contribution in [0.1, 0.15) is 33.6 Å². The van der Waals surface area contributed by atoms with Crippen molar-refractivity contribution in [3.05, 3.63) is 0 Å². The zero-order valence-corrected chi connectivity index (χ0v) is 9.60. The van der Waals surface area contributed by atoms with E-state index in [9.17, 15) is 9.59 Å². The summed E-state index contributed by atoms with van der Waals surface area (Å²) in [6.07, 6.45) is 1.24. The fraction of sp³-hybridized carbons (Fsp3) is 0.800. The lowest BCUT2D eigenvalue weighted by atomic mass is 9.94. The number of imide groups is 1. The summed E-state index contributed by atoms with van der Waals surface area (Å²) in [5.74, 6) is 0.0192. The molecule has 80 valence electrons. The molecule has 0 N–H and O–H groups in total. The molecule has 0 aromatic rings. The number of amides is 2. The summed E-state index contributed by atoms with van der Waals surface area (Å²) in [7, 11) is 0. The molecule has 2 amide bonds. The average molecular weight is 218 g/mol. The molecule has 0 radical (unpaired) electrons. The second-order valence-electron chi connectivity index (χ2n) is 4.47. The summed E-state index contributed by atoms with van der Waals surface area (Å²) >= 11 is 5.70. The van der Waals surface area contributed by atoms with Crippen molar-refractivity contribution in [2.45, 2.75) is 39.7 Å². The van der Waals surface area contributed by atoms with Crippen molar-refractivity contribution in [3.8, 4) is 0 Å². The van der Waals surface area contributed by atoms with Gasteiger partial charge in [-0.15, -0.1) is 11.6 Å². The molecule has 1 atom stereocenters. The van der Waals surface area contributed by atoms with Crippen molar-refractivity contribution in [1.82, 2.24) is 4.90 Å².